The molecule has 6 nitrogen and oxygen atoms in total. The van der Waals surface area contributed by atoms with Crippen molar-refractivity contribution in [2.24, 2.45) is 0 Å². The molecular weight excluding hydrogens is 465 g/mol. The summed E-state index contributed by atoms with van der Waals surface area (Å²) in [6.45, 7) is 0.0716. The van der Waals surface area contributed by atoms with Crippen molar-refractivity contribution in [2.75, 3.05) is 18.5 Å². The first kappa shape index (κ1) is 22.9. The summed E-state index contributed by atoms with van der Waals surface area (Å²) in [4.78, 5) is 25.7. The second-order valence-corrected chi connectivity index (χ2v) is 8.99. The quantitative estimate of drug-likeness (QED) is 0.486. The third-order valence-electron chi connectivity index (χ3n) is 4.89. The number of halogens is 2. The number of ether oxygens (including phenoxy) is 1. The maximum atomic E-state index is 13.1. The van der Waals surface area contributed by atoms with Gasteiger partial charge in [-0.05, 0) is 54.1 Å². The molecule has 33 heavy (non-hydrogen) atoms. The van der Waals surface area contributed by atoms with Gasteiger partial charge in [-0.2, -0.15) is 0 Å². The van der Waals surface area contributed by atoms with Crippen molar-refractivity contribution in [3.05, 3.63) is 95.3 Å². The molecule has 1 fully saturated rings. The monoisotopic (exact) mass is 485 g/mol. The molecular formula is C24H21ClFN3O3S. The fourth-order valence-corrected chi connectivity index (χ4v) is 4.70. The van der Waals surface area contributed by atoms with Crippen molar-refractivity contribution in [3.8, 4) is 5.75 Å². The molecule has 170 valence electrons. The molecule has 1 saturated heterocycles. The summed E-state index contributed by atoms with van der Waals surface area (Å²) in [5.41, 5.74) is 4.29. The summed E-state index contributed by atoms with van der Waals surface area (Å²) in [6, 6.07) is 22.1. The Morgan fingerprint density at radius 3 is 2.42 bits per heavy atom. The van der Waals surface area contributed by atoms with Gasteiger partial charge in [-0.3, -0.25) is 15.0 Å². The fourth-order valence-electron chi connectivity index (χ4n) is 3.26. The summed E-state index contributed by atoms with van der Waals surface area (Å²) < 4.78 is 18.6. The van der Waals surface area contributed by atoms with Crippen LogP contribution in [0.5, 0.6) is 5.75 Å². The molecule has 0 spiro atoms. The summed E-state index contributed by atoms with van der Waals surface area (Å²) in [5, 5.41) is 4.24. The molecule has 1 aliphatic rings. The smallest absolute Gasteiger partial charge is 0.276 e. The van der Waals surface area contributed by atoms with Crippen LogP contribution in [-0.2, 0) is 9.59 Å². The van der Waals surface area contributed by atoms with Gasteiger partial charge in [0.2, 0.25) is 0 Å². The van der Waals surface area contributed by atoms with Gasteiger partial charge in [-0.25, -0.2) is 9.40 Å². The lowest BCUT2D eigenvalue weighted by atomic mass is 10.2. The second kappa shape index (κ2) is 10.6. The third-order valence-corrected chi connectivity index (χ3v) is 6.58. The molecule has 0 radical (unpaired) electrons. The number of nitrogens with zero attached hydrogens (tertiary/aromatic N) is 1. The summed E-state index contributed by atoms with van der Waals surface area (Å²) in [7, 11) is 0. The van der Waals surface area contributed by atoms with E-state index in [1.54, 1.807) is 36.4 Å². The van der Waals surface area contributed by atoms with Gasteiger partial charge in [0.05, 0.1) is 0 Å². The van der Waals surface area contributed by atoms with Gasteiger partial charge >= 0.3 is 0 Å². The maximum absolute atomic E-state index is 13.1. The van der Waals surface area contributed by atoms with E-state index in [1.807, 2.05) is 30.3 Å². The molecule has 3 aromatic carbocycles. The second-order valence-electron chi connectivity index (χ2n) is 7.26. The van der Waals surface area contributed by atoms with E-state index in [9.17, 15) is 14.0 Å². The number of carbonyl (C=O) groups excluding carboxylic acids is 2. The summed E-state index contributed by atoms with van der Waals surface area (Å²) in [5.74, 6) is -0.515. The summed E-state index contributed by atoms with van der Waals surface area (Å²) >= 11 is 7.29. The molecule has 1 aliphatic heterocycles. The molecule has 2 atom stereocenters. The molecule has 2 N–H and O–H groups in total. The highest BCUT2D eigenvalue weighted by molar-refractivity contribution is 8.01. The van der Waals surface area contributed by atoms with Crippen LogP contribution in [0.1, 0.15) is 10.9 Å². The van der Waals surface area contributed by atoms with Crippen molar-refractivity contribution >= 4 is 40.9 Å². The predicted octanol–water partition coefficient (Wildman–Crippen LogP) is 4.64. The van der Waals surface area contributed by atoms with E-state index >= 15 is 0 Å². The van der Waals surface area contributed by atoms with E-state index in [-0.39, 0.29) is 18.3 Å². The van der Waals surface area contributed by atoms with Crippen LogP contribution < -0.4 is 15.5 Å². The number of amides is 2. The van der Waals surface area contributed by atoms with Gasteiger partial charge in [0.1, 0.15) is 22.2 Å². The molecule has 0 aromatic heterocycles. The highest BCUT2D eigenvalue weighted by Crippen LogP contribution is 2.41. The fraction of sp³-hybridized carbons (Fsp3) is 0.167. The van der Waals surface area contributed by atoms with Crippen LogP contribution in [-0.4, -0.2) is 35.2 Å². The minimum Gasteiger partial charge on any atom is -0.484 e. The zero-order chi connectivity index (χ0) is 23.2. The molecule has 2 amide bonds. The van der Waals surface area contributed by atoms with E-state index in [2.05, 4.69) is 10.7 Å². The summed E-state index contributed by atoms with van der Waals surface area (Å²) in [6.07, 6.45) is 0. The van der Waals surface area contributed by atoms with Gasteiger partial charge in [-0.15, -0.1) is 11.8 Å². The van der Waals surface area contributed by atoms with E-state index in [0.717, 1.165) is 5.56 Å². The van der Waals surface area contributed by atoms with Crippen LogP contribution in [0.15, 0.2) is 78.9 Å². The first-order chi connectivity index (χ1) is 16.0. The van der Waals surface area contributed by atoms with Crippen molar-refractivity contribution < 1.29 is 18.7 Å². The average molecular weight is 486 g/mol. The number of nitrogens with one attached hydrogen (secondary N) is 2. The molecule has 0 bridgehead atoms. The zero-order valence-electron chi connectivity index (χ0n) is 17.4. The number of anilines is 1. The standard InChI is InChI=1S/C24H21ClFN3O3S/c25-17-6-12-20(13-7-17)32-15-22(30)28-29-23(31)21(14-27-19-10-8-18(26)9-11-19)33-24(29)16-4-2-1-3-5-16/h1-13,21,24,27H,14-15H2,(H,28,30). The Hall–Kier alpha value is -3.23. The molecule has 0 saturated carbocycles. The van der Waals surface area contributed by atoms with Crippen LogP contribution in [0.2, 0.25) is 5.02 Å². The number of hydrogen-bond donors (Lipinski definition) is 2. The highest BCUT2D eigenvalue weighted by atomic mass is 35.5. The van der Waals surface area contributed by atoms with Crippen LogP contribution >= 0.6 is 23.4 Å². The van der Waals surface area contributed by atoms with E-state index in [4.69, 9.17) is 16.3 Å². The number of thioether (sulfide) groups is 1. The SMILES string of the molecule is O=C(COc1ccc(Cl)cc1)NN1C(=O)C(CNc2ccc(F)cc2)SC1c1ccccc1. The van der Waals surface area contributed by atoms with Crippen LogP contribution in [0, 0.1) is 5.82 Å². The topological polar surface area (TPSA) is 70.7 Å². The van der Waals surface area contributed by atoms with Crippen molar-refractivity contribution in [1.29, 1.82) is 0 Å². The molecule has 4 rings (SSSR count). The number of carbonyl (C=O) groups is 2. The molecule has 9 heteroatoms. The lowest BCUT2D eigenvalue weighted by Gasteiger charge is -2.24. The average Bonchev–Trinajstić information content (AvgIpc) is 3.14. The molecule has 1 heterocycles. The minimum atomic E-state index is -0.452. The van der Waals surface area contributed by atoms with Gasteiger partial charge < -0.3 is 10.1 Å². The van der Waals surface area contributed by atoms with Gasteiger partial charge in [0, 0.05) is 17.3 Å². The van der Waals surface area contributed by atoms with Crippen LogP contribution in [0.4, 0.5) is 10.1 Å². The predicted molar refractivity (Wildman–Crippen MR) is 127 cm³/mol. The van der Waals surface area contributed by atoms with Crippen molar-refractivity contribution in [2.45, 2.75) is 10.6 Å². The van der Waals surface area contributed by atoms with Gasteiger partial charge in [0.25, 0.3) is 11.8 Å². The highest BCUT2D eigenvalue weighted by Gasteiger charge is 2.42. The minimum absolute atomic E-state index is 0.233. The van der Waals surface area contributed by atoms with Crippen LogP contribution in [0.3, 0.4) is 0 Å². The van der Waals surface area contributed by atoms with Crippen molar-refractivity contribution in [3.63, 3.8) is 0 Å². The Balaban J connectivity index is 1.42. The molecule has 2 unspecified atom stereocenters. The Morgan fingerprint density at radius 1 is 1.03 bits per heavy atom. The molecule has 3 aromatic rings. The van der Waals surface area contributed by atoms with E-state index < -0.39 is 16.5 Å². The maximum Gasteiger partial charge on any atom is 0.276 e. The Bertz CT molecular complexity index is 1100. The van der Waals surface area contributed by atoms with Gasteiger partial charge in [0.15, 0.2) is 6.61 Å². The zero-order valence-corrected chi connectivity index (χ0v) is 19.0. The van der Waals surface area contributed by atoms with Crippen molar-refractivity contribution in [1.82, 2.24) is 10.4 Å². The number of hydrazine groups is 1. The lowest BCUT2D eigenvalue weighted by molar-refractivity contribution is -0.141. The third kappa shape index (κ3) is 5.97. The van der Waals surface area contributed by atoms with E-state index in [0.29, 0.717) is 23.0 Å². The first-order valence-corrected chi connectivity index (χ1v) is 11.5. The number of rotatable bonds is 8. The van der Waals surface area contributed by atoms with Gasteiger partial charge in [-0.1, -0.05) is 41.9 Å². The number of benzene rings is 3. The number of hydrogen-bond acceptors (Lipinski definition) is 5. The normalized spacial score (nSPS) is 17.6. The Labute approximate surface area is 200 Å². The Kier molecular flexibility index (Phi) is 7.36. The Morgan fingerprint density at radius 2 is 1.73 bits per heavy atom. The van der Waals surface area contributed by atoms with Crippen LogP contribution in [0.25, 0.3) is 0 Å². The molecule has 0 aliphatic carbocycles. The lowest BCUT2D eigenvalue weighted by Crippen LogP contribution is -2.48. The van der Waals surface area contributed by atoms with E-state index in [1.165, 1.54) is 28.9 Å². The largest absolute Gasteiger partial charge is 0.484 e. The first-order valence-electron chi connectivity index (χ1n) is 10.2.